The maximum absolute atomic E-state index is 12.4. The van der Waals surface area contributed by atoms with Gasteiger partial charge in [0.15, 0.2) is 5.13 Å². The number of amides is 1. The molecule has 1 aliphatic rings. The fourth-order valence-electron chi connectivity index (χ4n) is 3.12. The Bertz CT molecular complexity index is 998. The molecule has 1 fully saturated rings. The lowest BCUT2D eigenvalue weighted by molar-refractivity contribution is -0.117. The van der Waals surface area contributed by atoms with Gasteiger partial charge in [-0.1, -0.05) is 0 Å². The highest BCUT2D eigenvalue weighted by atomic mass is 32.2. The SMILES string of the molecule is Cc1csc(NC(=O)Cn2nc(C3CCN(S(C)(=O)=O)CC3)n(C)c2=O)n1. The molecule has 3 heterocycles. The van der Waals surface area contributed by atoms with Crippen molar-refractivity contribution in [3.05, 3.63) is 27.4 Å². The van der Waals surface area contributed by atoms with Crippen LogP contribution in [-0.4, -0.2) is 57.3 Å². The number of aryl methyl sites for hydroxylation is 1. The van der Waals surface area contributed by atoms with Gasteiger partial charge in [-0.15, -0.1) is 11.3 Å². The number of nitrogens with one attached hydrogen (secondary N) is 1. The summed E-state index contributed by atoms with van der Waals surface area (Å²) in [4.78, 5) is 28.7. The van der Waals surface area contributed by atoms with Crippen LogP contribution in [0.2, 0.25) is 0 Å². The van der Waals surface area contributed by atoms with Crippen molar-refractivity contribution in [3.8, 4) is 0 Å². The Balaban J connectivity index is 1.69. The third-order valence-electron chi connectivity index (χ3n) is 4.52. The van der Waals surface area contributed by atoms with Crippen LogP contribution in [0, 0.1) is 6.92 Å². The first-order valence-electron chi connectivity index (χ1n) is 8.46. The molecule has 0 unspecified atom stereocenters. The molecule has 0 bridgehead atoms. The summed E-state index contributed by atoms with van der Waals surface area (Å²) in [5.74, 6) is 0.181. The number of aromatic nitrogens is 4. The Hall–Kier alpha value is -2.05. The highest BCUT2D eigenvalue weighted by Gasteiger charge is 2.29. The van der Waals surface area contributed by atoms with E-state index in [9.17, 15) is 18.0 Å². The summed E-state index contributed by atoms with van der Waals surface area (Å²) >= 11 is 1.32. The highest BCUT2D eigenvalue weighted by Crippen LogP contribution is 2.26. The predicted molar refractivity (Wildman–Crippen MR) is 101 cm³/mol. The molecule has 0 atom stereocenters. The molecule has 2 aromatic rings. The number of hydrogen-bond acceptors (Lipinski definition) is 7. The summed E-state index contributed by atoms with van der Waals surface area (Å²) in [6.07, 6.45) is 2.37. The molecule has 0 aromatic carbocycles. The minimum atomic E-state index is -3.21. The van der Waals surface area contributed by atoms with Crippen molar-refractivity contribution in [1.29, 1.82) is 0 Å². The van der Waals surface area contributed by atoms with E-state index >= 15 is 0 Å². The van der Waals surface area contributed by atoms with Crippen LogP contribution in [0.15, 0.2) is 10.2 Å². The van der Waals surface area contributed by atoms with Crippen LogP contribution in [0.3, 0.4) is 0 Å². The molecule has 2 aromatic heterocycles. The van der Waals surface area contributed by atoms with Gasteiger partial charge in [-0.05, 0) is 19.8 Å². The van der Waals surface area contributed by atoms with E-state index in [1.165, 1.54) is 26.5 Å². The van der Waals surface area contributed by atoms with Gasteiger partial charge in [0, 0.05) is 31.4 Å². The van der Waals surface area contributed by atoms with Gasteiger partial charge in [0.05, 0.1) is 11.9 Å². The van der Waals surface area contributed by atoms with Crippen LogP contribution in [0.1, 0.15) is 30.3 Å². The van der Waals surface area contributed by atoms with Crippen molar-refractivity contribution in [3.63, 3.8) is 0 Å². The van der Waals surface area contributed by atoms with E-state index in [4.69, 9.17) is 0 Å². The van der Waals surface area contributed by atoms with Gasteiger partial charge in [-0.25, -0.2) is 27.2 Å². The fraction of sp³-hybridized carbons (Fsp3) is 0.600. The Morgan fingerprint density at radius 2 is 2.04 bits per heavy atom. The van der Waals surface area contributed by atoms with Crippen molar-refractivity contribution in [2.24, 2.45) is 7.05 Å². The molecule has 0 saturated carbocycles. The zero-order valence-electron chi connectivity index (χ0n) is 15.4. The molecule has 0 radical (unpaired) electrons. The maximum Gasteiger partial charge on any atom is 0.346 e. The summed E-state index contributed by atoms with van der Waals surface area (Å²) in [6, 6.07) is 0. The van der Waals surface area contributed by atoms with Crippen molar-refractivity contribution in [2.45, 2.75) is 32.2 Å². The van der Waals surface area contributed by atoms with E-state index in [0.717, 1.165) is 10.4 Å². The van der Waals surface area contributed by atoms with E-state index in [2.05, 4.69) is 15.4 Å². The van der Waals surface area contributed by atoms with Gasteiger partial charge in [0.25, 0.3) is 0 Å². The topological polar surface area (TPSA) is 119 Å². The molecule has 1 amide bonds. The lowest BCUT2D eigenvalue weighted by Crippen LogP contribution is -2.37. The lowest BCUT2D eigenvalue weighted by Gasteiger charge is -2.29. The van der Waals surface area contributed by atoms with Crippen LogP contribution < -0.4 is 11.0 Å². The van der Waals surface area contributed by atoms with E-state index in [0.29, 0.717) is 36.9 Å². The average Bonchev–Trinajstić information content (AvgIpc) is 3.12. The van der Waals surface area contributed by atoms with Gasteiger partial charge in [-0.3, -0.25) is 9.36 Å². The predicted octanol–water partition coefficient (Wildman–Crippen LogP) is 0.124. The minimum absolute atomic E-state index is 0.0216. The summed E-state index contributed by atoms with van der Waals surface area (Å²) in [7, 11) is -1.59. The number of nitrogens with zero attached hydrogens (tertiary/aromatic N) is 5. The monoisotopic (exact) mass is 414 g/mol. The van der Waals surface area contributed by atoms with Crippen LogP contribution in [0.25, 0.3) is 0 Å². The molecule has 0 aliphatic carbocycles. The second-order valence-corrected chi connectivity index (χ2v) is 9.48. The Kier molecular flexibility index (Phi) is 5.49. The molecule has 10 nitrogen and oxygen atoms in total. The van der Waals surface area contributed by atoms with Gasteiger partial charge < -0.3 is 5.32 Å². The van der Waals surface area contributed by atoms with E-state index in [1.54, 1.807) is 7.05 Å². The van der Waals surface area contributed by atoms with Gasteiger partial charge in [0.2, 0.25) is 15.9 Å². The van der Waals surface area contributed by atoms with Crippen LogP contribution in [-0.2, 0) is 28.4 Å². The highest BCUT2D eigenvalue weighted by molar-refractivity contribution is 7.88. The zero-order valence-corrected chi connectivity index (χ0v) is 17.0. The lowest BCUT2D eigenvalue weighted by atomic mass is 9.97. The first kappa shape index (κ1) is 19.7. The second-order valence-electron chi connectivity index (χ2n) is 6.64. The summed E-state index contributed by atoms with van der Waals surface area (Å²) < 4.78 is 27.3. The number of carbonyl (C=O) groups excluding carboxylic acids is 1. The van der Waals surface area contributed by atoms with Crippen molar-refractivity contribution < 1.29 is 13.2 Å². The Morgan fingerprint density at radius 1 is 1.37 bits per heavy atom. The third kappa shape index (κ3) is 4.45. The third-order valence-corrected chi connectivity index (χ3v) is 6.70. The van der Waals surface area contributed by atoms with Crippen LogP contribution in [0.5, 0.6) is 0 Å². The number of piperidine rings is 1. The summed E-state index contributed by atoms with van der Waals surface area (Å²) in [5.41, 5.74) is 0.439. The molecular formula is C15H22N6O4S2. The normalized spacial score (nSPS) is 16.6. The molecule has 27 heavy (non-hydrogen) atoms. The van der Waals surface area contributed by atoms with Gasteiger partial charge in [-0.2, -0.15) is 5.10 Å². The first-order valence-corrected chi connectivity index (χ1v) is 11.2. The molecule has 1 saturated heterocycles. The van der Waals surface area contributed by atoms with Gasteiger partial charge in [0.1, 0.15) is 12.4 Å². The number of thiazole rings is 1. The summed E-state index contributed by atoms with van der Waals surface area (Å²) in [5, 5.41) is 9.29. The fourth-order valence-corrected chi connectivity index (χ4v) is 4.69. The van der Waals surface area contributed by atoms with E-state index in [1.807, 2.05) is 12.3 Å². The number of sulfonamides is 1. The first-order chi connectivity index (χ1) is 12.6. The van der Waals surface area contributed by atoms with E-state index < -0.39 is 10.0 Å². The number of rotatable bonds is 5. The molecule has 1 N–H and O–H groups in total. The maximum atomic E-state index is 12.4. The largest absolute Gasteiger partial charge is 0.346 e. The Labute approximate surface area is 160 Å². The minimum Gasteiger partial charge on any atom is -0.300 e. The van der Waals surface area contributed by atoms with Crippen LogP contribution in [0.4, 0.5) is 5.13 Å². The smallest absolute Gasteiger partial charge is 0.300 e. The molecular weight excluding hydrogens is 392 g/mol. The quantitative estimate of drug-likeness (QED) is 0.742. The molecule has 0 spiro atoms. The second kappa shape index (κ2) is 7.52. The van der Waals surface area contributed by atoms with Crippen molar-refractivity contribution in [1.82, 2.24) is 23.6 Å². The number of carbonyl (C=O) groups is 1. The van der Waals surface area contributed by atoms with Crippen LogP contribution >= 0.6 is 11.3 Å². The molecule has 148 valence electrons. The Morgan fingerprint density at radius 3 is 2.59 bits per heavy atom. The molecule has 3 rings (SSSR count). The van der Waals surface area contributed by atoms with E-state index in [-0.39, 0.29) is 24.1 Å². The molecule has 1 aliphatic heterocycles. The van der Waals surface area contributed by atoms with Crippen molar-refractivity contribution >= 4 is 32.4 Å². The average molecular weight is 415 g/mol. The zero-order chi connectivity index (χ0) is 19.8. The summed E-state index contributed by atoms with van der Waals surface area (Å²) in [6.45, 7) is 2.42. The molecule has 12 heteroatoms. The number of hydrogen-bond donors (Lipinski definition) is 1. The standard InChI is InChI=1S/C15H22N6O4S2/c1-10-9-26-14(16-10)17-12(22)8-21-15(23)19(2)13(18-21)11-4-6-20(7-5-11)27(3,24)25/h9,11H,4-8H2,1-3H3,(H,16,17,22). The van der Waals surface area contributed by atoms with Crippen molar-refractivity contribution in [2.75, 3.05) is 24.7 Å². The number of anilines is 1. The van der Waals surface area contributed by atoms with Gasteiger partial charge >= 0.3 is 5.69 Å².